The van der Waals surface area contributed by atoms with E-state index in [0.29, 0.717) is 5.41 Å². The largest absolute Gasteiger partial charge is 0.330 e. The molecule has 6 atom stereocenters. The molecule has 3 aliphatic rings. The molecule has 0 heterocycles. The van der Waals surface area contributed by atoms with E-state index in [1.807, 2.05) is 0 Å². The Hall–Kier alpha value is -0.300. The average molecular weight is 219 g/mol. The van der Waals surface area contributed by atoms with Crippen LogP contribution < -0.4 is 5.73 Å². The van der Waals surface area contributed by atoms with Crippen LogP contribution in [-0.4, -0.2) is 6.54 Å². The van der Waals surface area contributed by atoms with Crippen LogP contribution in [-0.2, 0) is 0 Å². The summed E-state index contributed by atoms with van der Waals surface area (Å²) in [4.78, 5) is 0. The second kappa shape index (κ2) is 3.35. The molecular weight excluding hydrogens is 194 g/mol. The summed E-state index contributed by atoms with van der Waals surface area (Å²) >= 11 is 0. The zero-order chi connectivity index (χ0) is 11.5. The summed E-state index contributed by atoms with van der Waals surface area (Å²) in [6.07, 6.45) is 5.46. The van der Waals surface area contributed by atoms with Gasteiger partial charge in [-0.1, -0.05) is 26.0 Å². The topological polar surface area (TPSA) is 26.0 Å². The predicted molar refractivity (Wildman–Crippen MR) is 67.9 cm³/mol. The Labute approximate surface area is 99.5 Å². The number of fused-ring (bicyclic) bond motifs is 3. The summed E-state index contributed by atoms with van der Waals surface area (Å²) in [7, 11) is 0. The minimum atomic E-state index is 0.480. The first-order valence-corrected chi connectivity index (χ1v) is 6.95. The van der Waals surface area contributed by atoms with Crippen molar-refractivity contribution in [3.8, 4) is 0 Å². The first-order valence-electron chi connectivity index (χ1n) is 6.95. The summed E-state index contributed by atoms with van der Waals surface area (Å²) in [6, 6.07) is 0. The number of rotatable bonds is 1. The molecule has 90 valence electrons. The van der Waals surface area contributed by atoms with Crippen LogP contribution in [0.2, 0.25) is 0 Å². The van der Waals surface area contributed by atoms with Crippen molar-refractivity contribution in [3.63, 3.8) is 0 Å². The Morgan fingerprint density at radius 3 is 2.88 bits per heavy atom. The number of nitrogens with two attached hydrogens (primary N) is 1. The Balaban J connectivity index is 1.88. The lowest BCUT2D eigenvalue weighted by atomic mass is 9.82. The van der Waals surface area contributed by atoms with Crippen LogP contribution in [0.4, 0.5) is 0 Å². The molecule has 0 radical (unpaired) electrons. The number of hydrogen-bond acceptors (Lipinski definition) is 1. The standard InChI is InChI=1S/C15H25N/c1-9-6-11-10(2)4-5-13-14(12(11)7-9)15(13,3)8-16/h9,11-14H,2,4-8,16H2,1,3H3/t9-,11+,12+,13+,14-,15-/m0/s1. The van der Waals surface area contributed by atoms with Crippen molar-refractivity contribution in [2.45, 2.75) is 39.5 Å². The zero-order valence-electron chi connectivity index (χ0n) is 10.7. The fourth-order valence-corrected chi connectivity index (χ4v) is 5.01. The van der Waals surface area contributed by atoms with Gasteiger partial charge in [-0.25, -0.2) is 0 Å². The maximum absolute atomic E-state index is 6.01. The van der Waals surface area contributed by atoms with Gasteiger partial charge in [0.2, 0.25) is 0 Å². The molecule has 3 rings (SSSR count). The van der Waals surface area contributed by atoms with Crippen molar-refractivity contribution < 1.29 is 0 Å². The van der Waals surface area contributed by atoms with E-state index in [1.165, 1.54) is 25.7 Å². The second-order valence-corrected chi connectivity index (χ2v) is 6.89. The molecule has 0 aromatic carbocycles. The lowest BCUT2D eigenvalue weighted by molar-refractivity contribution is 0.329. The normalized spacial score (nSPS) is 55.4. The molecule has 0 amide bonds. The highest BCUT2D eigenvalue weighted by atomic mass is 14.8. The molecule has 3 saturated carbocycles. The number of hydrogen-bond donors (Lipinski definition) is 1. The molecule has 2 N–H and O–H groups in total. The average Bonchev–Trinajstić information content (AvgIpc) is 2.71. The van der Waals surface area contributed by atoms with E-state index in [4.69, 9.17) is 5.73 Å². The van der Waals surface area contributed by atoms with E-state index in [1.54, 1.807) is 5.57 Å². The Morgan fingerprint density at radius 2 is 2.19 bits per heavy atom. The van der Waals surface area contributed by atoms with Crippen molar-refractivity contribution in [2.75, 3.05) is 6.54 Å². The van der Waals surface area contributed by atoms with E-state index in [9.17, 15) is 0 Å². The van der Waals surface area contributed by atoms with Gasteiger partial charge in [-0.2, -0.15) is 0 Å². The zero-order valence-corrected chi connectivity index (χ0v) is 10.7. The van der Waals surface area contributed by atoms with Gasteiger partial charge in [0.25, 0.3) is 0 Å². The fraction of sp³-hybridized carbons (Fsp3) is 0.867. The lowest BCUT2D eigenvalue weighted by Gasteiger charge is -2.23. The van der Waals surface area contributed by atoms with Crippen molar-refractivity contribution in [3.05, 3.63) is 12.2 Å². The van der Waals surface area contributed by atoms with Gasteiger partial charge in [0.1, 0.15) is 0 Å². The second-order valence-electron chi connectivity index (χ2n) is 6.89. The van der Waals surface area contributed by atoms with Gasteiger partial charge in [-0.15, -0.1) is 0 Å². The molecule has 0 saturated heterocycles. The van der Waals surface area contributed by atoms with Crippen LogP contribution in [0.1, 0.15) is 39.5 Å². The van der Waals surface area contributed by atoms with Crippen LogP contribution in [0.5, 0.6) is 0 Å². The van der Waals surface area contributed by atoms with Crippen LogP contribution in [0, 0.1) is 35.0 Å². The highest BCUT2D eigenvalue weighted by Crippen LogP contribution is 2.69. The molecular formula is C15H25N. The van der Waals surface area contributed by atoms with Gasteiger partial charge in [-0.05, 0) is 67.2 Å². The summed E-state index contributed by atoms with van der Waals surface area (Å²) in [5, 5.41) is 0. The SMILES string of the molecule is C=C1CC[C@@H]2[C@H]([C@@H]3C[C@@H](C)C[C@H]13)[C@@]2(C)CN. The van der Waals surface area contributed by atoms with Gasteiger partial charge < -0.3 is 5.73 Å². The van der Waals surface area contributed by atoms with Crippen LogP contribution >= 0.6 is 0 Å². The molecule has 3 fully saturated rings. The van der Waals surface area contributed by atoms with E-state index >= 15 is 0 Å². The van der Waals surface area contributed by atoms with Crippen LogP contribution in [0.25, 0.3) is 0 Å². The van der Waals surface area contributed by atoms with Gasteiger partial charge in [0.15, 0.2) is 0 Å². The predicted octanol–water partition coefficient (Wildman–Crippen LogP) is 3.21. The van der Waals surface area contributed by atoms with Crippen molar-refractivity contribution >= 4 is 0 Å². The molecule has 3 aliphatic carbocycles. The molecule has 0 aromatic rings. The monoisotopic (exact) mass is 219 g/mol. The van der Waals surface area contributed by atoms with E-state index in [0.717, 1.165) is 36.1 Å². The highest BCUT2D eigenvalue weighted by Gasteiger charge is 2.65. The van der Waals surface area contributed by atoms with Crippen molar-refractivity contribution in [2.24, 2.45) is 40.7 Å². The molecule has 0 aliphatic heterocycles. The van der Waals surface area contributed by atoms with E-state index in [-0.39, 0.29) is 0 Å². The summed E-state index contributed by atoms with van der Waals surface area (Å²) in [5.74, 6) is 4.50. The minimum absolute atomic E-state index is 0.480. The third kappa shape index (κ3) is 1.27. The fourth-order valence-electron chi connectivity index (χ4n) is 5.01. The van der Waals surface area contributed by atoms with Gasteiger partial charge >= 0.3 is 0 Å². The Kier molecular flexibility index (Phi) is 2.27. The smallest absolute Gasteiger partial charge is 0.00175 e. The summed E-state index contributed by atoms with van der Waals surface area (Å²) in [5.41, 5.74) is 8.04. The third-order valence-electron chi connectivity index (χ3n) is 5.98. The van der Waals surface area contributed by atoms with Gasteiger partial charge in [0.05, 0.1) is 0 Å². The highest BCUT2D eigenvalue weighted by molar-refractivity contribution is 5.21. The first-order chi connectivity index (χ1) is 7.58. The maximum atomic E-state index is 6.01. The summed E-state index contributed by atoms with van der Waals surface area (Å²) < 4.78 is 0. The molecule has 0 bridgehead atoms. The first kappa shape index (κ1) is 10.8. The lowest BCUT2D eigenvalue weighted by Crippen LogP contribution is -2.21. The van der Waals surface area contributed by atoms with Crippen LogP contribution in [0.3, 0.4) is 0 Å². The van der Waals surface area contributed by atoms with Crippen molar-refractivity contribution in [1.29, 1.82) is 0 Å². The molecule has 0 spiro atoms. The Morgan fingerprint density at radius 1 is 1.44 bits per heavy atom. The van der Waals surface area contributed by atoms with E-state index in [2.05, 4.69) is 20.4 Å². The van der Waals surface area contributed by atoms with E-state index < -0.39 is 0 Å². The molecule has 1 heteroatoms. The third-order valence-corrected chi connectivity index (χ3v) is 5.98. The molecule has 0 aromatic heterocycles. The maximum Gasteiger partial charge on any atom is -0.00175 e. The quantitative estimate of drug-likeness (QED) is 0.673. The molecule has 1 nitrogen and oxygen atoms in total. The minimum Gasteiger partial charge on any atom is -0.330 e. The molecule has 16 heavy (non-hydrogen) atoms. The Bertz CT molecular complexity index is 321. The number of allylic oxidation sites excluding steroid dienone is 1. The van der Waals surface area contributed by atoms with Gasteiger partial charge in [0, 0.05) is 0 Å². The molecule has 0 unspecified atom stereocenters. The van der Waals surface area contributed by atoms with Crippen LogP contribution in [0.15, 0.2) is 12.2 Å². The van der Waals surface area contributed by atoms with Crippen molar-refractivity contribution in [1.82, 2.24) is 0 Å². The summed E-state index contributed by atoms with van der Waals surface area (Å²) in [6.45, 7) is 10.1. The van der Waals surface area contributed by atoms with Gasteiger partial charge in [-0.3, -0.25) is 0 Å².